The van der Waals surface area contributed by atoms with Crippen LogP contribution in [0, 0.1) is 6.92 Å². The van der Waals surface area contributed by atoms with E-state index < -0.39 is 0 Å². The van der Waals surface area contributed by atoms with E-state index in [0.717, 1.165) is 16.9 Å². The summed E-state index contributed by atoms with van der Waals surface area (Å²) < 4.78 is 10.7. The summed E-state index contributed by atoms with van der Waals surface area (Å²) in [5.74, 6) is 1.37. The highest BCUT2D eigenvalue weighted by Crippen LogP contribution is 2.31. The quantitative estimate of drug-likeness (QED) is 0.678. The van der Waals surface area contributed by atoms with Crippen LogP contribution in [0.5, 0.6) is 11.5 Å². The lowest BCUT2D eigenvalue weighted by molar-refractivity contribution is -0.121. The van der Waals surface area contributed by atoms with Gasteiger partial charge in [0.1, 0.15) is 0 Å². The highest BCUT2D eigenvalue weighted by molar-refractivity contribution is 8.00. The molecule has 0 aliphatic carbocycles. The Bertz CT molecular complexity index is 731. The Labute approximate surface area is 160 Å². The van der Waals surface area contributed by atoms with E-state index >= 15 is 0 Å². The minimum atomic E-state index is -0.174. The van der Waals surface area contributed by atoms with Crippen LogP contribution in [0.3, 0.4) is 0 Å². The van der Waals surface area contributed by atoms with Gasteiger partial charge >= 0.3 is 0 Å². The van der Waals surface area contributed by atoms with E-state index in [1.54, 1.807) is 26.0 Å². The molecule has 2 rings (SSSR count). The van der Waals surface area contributed by atoms with Gasteiger partial charge in [-0.15, -0.1) is 11.8 Å². The van der Waals surface area contributed by atoms with Gasteiger partial charge in [-0.1, -0.05) is 30.7 Å². The molecule has 2 aromatic rings. The third kappa shape index (κ3) is 5.18. The van der Waals surface area contributed by atoms with E-state index in [1.165, 1.54) is 5.56 Å². The summed E-state index contributed by atoms with van der Waals surface area (Å²) in [5.41, 5.74) is 2.22. The van der Waals surface area contributed by atoms with Gasteiger partial charge in [0.2, 0.25) is 5.91 Å². The second kappa shape index (κ2) is 9.53. The molecule has 0 unspecified atom stereocenters. The number of rotatable bonds is 8. The number of nitrogens with one attached hydrogen (secondary N) is 1. The summed E-state index contributed by atoms with van der Waals surface area (Å²) in [6, 6.07) is 13.9. The number of benzene rings is 2. The zero-order chi connectivity index (χ0) is 19.1. The van der Waals surface area contributed by atoms with E-state index in [0.29, 0.717) is 11.5 Å². The van der Waals surface area contributed by atoms with Gasteiger partial charge in [0.15, 0.2) is 11.5 Å². The van der Waals surface area contributed by atoms with Crippen LogP contribution in [0.25, 0.3) is 0 Å². The fourth-order valence-corrected chi connectivity index (χ4v) is 3.53. The zero-order valence-corrected chi connectivity index (χ0v) is 16.9. The average molecular weight is 374 g/mol. The number of hydrogen-bond acceptors (Lipinski definition) is 4. The molecule has 0 heterocycles. The summed E-state index contributed by atoms with van der Waals surface area (Å²) in [5, 5.41) is 2.97. The molecule has 0 spiro atoms. The normalized spacial score (nSPS) is 13.0. The fourth-order valence-electron chi connectivity index (χ4n) is 2.65. The summed E-state index contributed by atoms with van der Waals surface area (Å²) in [6.45, 7) is 6.04. The van der Waals surface area contributed by atoms with Crippen LogP contribution in [0.2, 0.25) is 0 Å². The standard InChI is InChI=1S/C21H27NO3S/c1-6-18(16-9-12-19(24-4)20(13-16)25-5)22-21(23)15(3)26-17-10-7-14(2)8-11-17/h7-13,15,18H,6H2,1-5H3,(H,22,23)/t15-,18-/m1/s1. The van der Waals surface area contributed by atoms with Crippen molar-refractivity contribution in [1.29, 1.82) is 0 Å². The topological polar surface area (TPSA) is 47.6 Å². The lowest BCUT2D eigenvalue weighted by Crippen LogP contribution is -2.34. The Morgan fingerprint density at radius 2 is 1.73 bits per heavy atom. The van der Waals surface area contributed by atoms with E-state index in [-0.39, 0.29) is 17.2 Å². The van der Waals surface area contributed by atoms with E-state index in [1.807, 2.05) is 25.1 Å². The van der Waals surface area contributed by atoms with Crippen molar-refractivity contribution in [3.05, 3.63) is 53.6 Å². The lowest BCUT2D eigenvalue weighted by atomic mass is 10.0. The number of ether oxygens (including phenoxy) is 2. The Kier molecular flexibility index (Phi) is 7.39. The molecule has 0 saturated heterocycles. The van der Waals surface area contributed by atoms with Crippen LogP contribution in [0.15, 0.2) is 47.4 Å². The van der Waals surface area contributed by atoms with Crippen molar-refractivity contribution in [2.24, 2.45) is 0 Å². The van der Waals surface area contributed by atoms with Gasteiger partial charge in [0.05, 0.1) is 25.5 Å². The Morgan fingerprint density at radius 3 is 2.31 bits per heavy atom. The fraction of sp³-hybridized carbons (Fsp3) is 0.381. The highest BCUT2D eigenvalue weighted by atomic mass is 32.2. The molecule has 0 fully saturated rings. The van der Waals surface area contributed by atoms with Crippen LogP contribution < -0.4 is 14.8 Å². The summed E-state index contributed by atoms with van der Waals surface area (Å²) in [4.78, 5) is 13.7. The molecule has 0 saturated carbocycles. The predicted molar refractivity (Wildman–Crippen MR) is 107 cm³/mol. The summed E-state index contributed by atoms with van der Waals surface area (Å²) >= 11 is 1.57. The van der Waals surface area contributed by atoms with E-state index in [9.17, 15) is 4.79 Å². The molecule has 1 N–H and O–H groups in total. The van der Waals surface area contributed by atoms with Gasteiger partial charge in [-0.3, -0.25) is 4.79 Å². The summed E-state index contributed by atoms with van der Waals surface area (Å²) in [6.07, 6.45) is 0.795. The maximum Gasteiger partial charge on any atom is 0.233 e. The van der Waals surface area contributed by atoms with Crippen LogP contribution >= 0.6 is 11.8 Å². The van der Waals surface area contributed by atoms with Gasteiger partial charge in [-0.2, -0.15) is 0 Å². The number of thioether (sulfide) groups is 1. The number of methoxy groups -OCH3 is 2. The van der Waals surface area contributed by atoms with Crippen molar-refractivity contribution < 1.29 is 14.3 Å². The number of carbonyl (C=O) groups is 1. The Hall–Kier alpha value is -2.14. The molecule has 140 valence electrons. The SMILES string of the molecule is CC[C@@H](NC(=O)[C@@H](C)Sc1ccc(C)cc1)c1ccc(OC)c(OC)c1. The summed E-state index contributed by atoms with van der Waals surface area (Å²) in [7, 11) is 3.22. The Morgan fingerprint density at radius 1 is 1.08 bits per heavy atom. The smallest absolute Gasteiger partial charge is 0.233 e. The van der Waals surface area contributed by atoms with Crippen molar-refractivity contribution in [2.75, 3.05) is 14.2 Å². The van der Waals surface area contributed by atoms with Crippen molar-refractivity contribution >= 4 is 17.7 Å². The Balaban J connectivity index is 2.06. The van der Waals surface area contributed by atoms with Crippen LogP contribution in [-0.4, -0.2) is 25.4 Å². The van der Waals surface area contributed by atoms with E-state index in [2.05, 4.69) is 43.4 Å². The van der Waals surface area contributed by atoms with Crippen molar-refractivity contribution in [3.63, 3.8) is 0 Å². The maximum atomic E-state index is 12.6. The molecule has 26 heavy (non-hydrogen) atoms. The molecule has 4 nitrogen and oxygen atoms in total. The molecular formula is C21H27NO3S. The molecule has 0 aliphatic heterocycles. The largest absolute Gasteiger partial charge is 0.493 e. The second-order valence-electron chi connectivity index (χ2n) is 6.16. The molecular weight excluding hydrogens is 346 g/mol. The predicted octanol–water partition coefficient (Wildman–Crippen LogP) is 4.76. The lowest BCUT2D eigenvalue weighted by Gasteiger charge is -2.21. The van der Waals surface area contributed by atoms with Crippen LogP contribution in [-0.2, 0) is 4.79 Å². The third-order valence-corrected chi connectivity index (χ3v) is 5.35. The first-order chi connectivity index (χ1) is 12.5. The number of aryl methyl sites for hydroxylation is 1. The monoisotopic (exact) mass is 373 g/mol. The molecule has 2 aromatic carbocycles. The molecule has 2 atom stereocenters. The van der Waals surface area contributed by atoms with Gasteiger partial charge in [-0.25, -0.2) is 0 Å². The minimum absolute atomic E-state index is 0.0252. The molecule has 1 amide bonds. The number of carbonyl (C=O) groups excluding carboxylic acids is 1. The highest BCUT2D eigenvalue weighted by Gasteiger charge is 2.20. The van der Waals surface area contributed by atoms with Gasteiger partial charge < -0.3 is 14.8 Å². The number of hydrogen-bond donors (Lipinski definition) is 1. The molecule has 0 aliphatic rings. The average Bonchev–Trinajstić information content (AvgIpc) is 2.67. The van der Waals surface area contributed by atoms with Crippen molar-refractivity contribution in [2.45, 2.75) is 43.4 Å². The van der Waals surface area contributed by atoms with Crippen molar-refractivity contribution in [3.8, 4) is 11.5 Å². The van der Waals surface area contributed by atoms with Gasteiger partial charge in [0.25, 0.3) is 0 Å². The number of amides is 1. The zero-order valence-electron chi connectivity index (χ0n) is 16.0. The van der Waals surface area contributed by atoms with Gasteiger partial charge in [-0.05, 0) is 50.1 Å². The molecule has 0 bridgehead atoms. The molecule has 5 heteroatoms. The van der Waals surface area contributed by atoms with Crippen molar-refractivity contribution in [1.82, 2.24) is 5.32 Å². The first-order valence-corrected chi connectivity index (χ1v) is 9.62. The van der Waals surface area contributed by atoms with Gasteiger partial charge in [0, 0.05) is 4.90 Å². The van der Waals surface area contributed by atoms with Crippen LogP contribution in [0.1, 0.15) is 37.4 Å². The first-order valence-electron chi connectivity index (χ1n) is 8.74. The second-order valence-corrected chi connectivity index (χ2v) is 7.57. The molecule has 0 radical (unpaired) electrons. The maximum absolute atomic E-state index is 12.6. The van der Waals surface area contributed by atoms with E-state index in [4.69, 9.17) is 9.47 Å². The molecule has 0 aromatic heterocycles. The first kappa shape index (κ1) is 20.2. The third-order valence-electron chi connectivity index (χ3n) is 4.24. The van der Waals surface area contributed by atoms with Crippen LogP contribution in [0.4, 0.5) is 0 Å². The minimum Gasteiger partial charge on any atom is -0.493 e.